The van der Waals surface area contributed by atoms with Crippen LogP contribution in [-0.4, -0.2) is 14.7 Å². The van der Waals surface area contributed by atoms with Gasteiger partial charge in [0.1, 0.15) is 5.82 Å². The van der Waals surface area contributed by atoms with Crippen molar-refractivity contribution in [1.29, 1.82) is 0 Å². The van der Waals surface area contributed by atoms with E-state index in [-0.39, 0.29) is 16.7 Å². The highest BCUT2D eigenvalue weighted by Gasteiger charge is 2.18. The van der Waals surface area contributed by atoms with Crippen molar-refractivity contribution in [3.8, 4) is 0 Å². The third-order valence-electron chi connectivity index (χ3n) is 3.07. The van der Waals surface area contributed by atoms with Crippen molar-refractivity contribution < 1.29 is 4.92 Å². The number of nitrogen functional groups attached to an aromatic ring is 1. The first-order valence-electron chi connectivity index (χ1n) is 5.65. The standard InChI is InChI=1S/C12H13BrN4O2/c1-7-3-4-9(5-11(7)17(18)19)8(2)16-12(14)10(13)6-15-16/h3-6,8H,14H2,1-2H3. The lowest BCUT2D eigenvalue weighted by molar-refractivity contribution is -0.385. The van der Waals surface area contributed by atoms with Crippen LogP contribution < -0.4 is 5.73 Å². The quantitative estimate of drug-likeness (QED) is 0.694. The molecule has 0 fully saturated rings. The van der Waals surface area contributed by atoms with Crippen molar-refractivity contribution in [3.05, 3.63) is 50.1 Å². The smallest absolute Gasteiger partial charge is 0.272 e. The van der Waals surface area contributed by atoms with Crippen molar-refractivity contribution in [2.45, 2.75) is 19.9 Å². The zero-order valence-electron chi connectivity index (χ0n) is 10.5. The van der Waals surface area contributed by atoms with Crippen molar-refractivity contribution in [2.75, 3.05) is 5.73 Å². The highest BCUT2D eigenvalue weighted by Crippen LogP contribution is 2.28. The van der Waals surface area contributed by atoms with Gasteiger partial charge < -0.3 is 5.73 Å². The number of nitrogens with two attached hydrogens (primary N) is 1. The fraction of sp³-hybridized carbons (Fsp3) is 0.250. The first kappa shape index (κ1) is 13.5. The fourth-order valence-corrected chi connectivity index (χ4v) is 2.16. The van der Waals surface area contributed by atoms with Gasteiger partial charge in [0.05, 0.1) is 21.6 Å². The molecule has 1 aromatic heterocycles. The van der Waals surface area contributed by atoms with Gasteiger partial charge in [-0.15, -0.1) is 0 Å². The predicted molar refractivity (Wildman–Crippen MR) is 76.0 cm³/mol. The van der Waals surface area contributed by atoms with E-state index in [9.17, 15) is 10.1 Å². The maximum atomic E-state index is 11.0. The van der Waals surface area contributed by atoms with E-state index in [1.165, 1.54) is 0 Å². The van der Waals surface area contributed by atoms with Gasteiger partial charge in [0.25, 0.3) is 5.69 Å². The van der Waals surface area contributed by atoms with E-state index in [0.717, 1.165) is 5.56 Å². The number of halogens is 1. The Balaban J connectivity index is 2.45. The molecule has 0 bridgehead atoms. The summed E-state index contributed by atoms with van der Waals surface area (Å²) in [5.41, 5.74) is 7.42. The van der Waals surface area contributed by atoms with Crippen LogP contribution in [-0.2, 0) is 0 Å². The normalized spacial score (nSPS) is 12.4. The number of aromatic nitrogens is 2. The maximum Gasteiger partial charge on any atom is 0.272 e. The molecule has 1 unspecified atom stereocenters. The SMILES string of the molecule is Cc1ccc(C(C)n2ncc(Br)c2N)cc1[N+](=O)[O-]. The lowest BCUT2D eigenvalue weighted by atomic mass is 10.0. The summed E-state index contributed by atoms with van der Waals surface area (Å²) >= 11 is 3.29. The third-order valence-corrected chi connectivity index (χ3v) is 3.68. The molecular formula is C12H13BrN4O2. The van der Waals surface area contributed by atoms with E-state index in [4.69, 9.17) is 5.73 Å². The number of benzene rings is 1. The first-order chi connectivity index (χ1) is 8.91. The Labute approximate surface area is 118 Å². The van der Waals surface area contributed by atoms with Gasteiger partial charge in [0, 0.05) is 11.6 Å². The summed E-state index contributed by atoms with van der Waals surface area (Å²) in [6, 6.07) is 4.97. The predicted octanol–water partition coefficient (Wildman–Crippen LogP) is 3.05. The van der Waals surface area contributed by atoms with Crippen molar-refractivity contribution >= 4 is 27.4 Å². The molecule has 1 aromatic carbocycles. The van der Waals surface area contributed by atoms with Crippen molar-refractivity contribution in [1.82, 2.24) is 9.78 Å². The summed E-state index contributed by atoms with van der Waals surface area (Å²) in [6.07, 6.45) is 1.61. The highest BCUT2D eigenvalue weighted by atomic mass is 79.9. The number of anilines is 1. The lowest BCUT2D eigenvalue weighted by Gasteiger charge is -2.14. The van der Waals surface area contributed by atoms with Gasteiger partial charge in [-0.1, -0.05) is 12.1 Å². The molecule has 2 aromatic rings. The third kappa shape index (κ3) is 2.46. The van der Waals surface area contributed by atoms with Gasteiger partial charge in [-0.2, -0.15) is 5.10 Å². The largest absolute Gasteiger partial charge is 0.383 e. The summed E-state index contributed by atoms with van der Waals surface area (Å²) in [7, 11) is 0. The average molecular weight is 325 g/mol. The van der Waals surface area contributed by atoms with Gasteiger partial charge >= 0.3 is 0 Å². The first-order valence-corrected chi connectivity index (χ1v) is 6.44. The molecule has 0 radical (unpaired) electrons. The number of hydrogen-bond acceptors (Lipinski definition) is 4. The van der Waals surface area contributed by atoms with Crippen LogP contribution in [0.2, 0.25) is 0 Å². The molecule has 19 heavy (non-hydrogen) atoms. The van der Waals surface area contributed by atoms with E-state index >= 15 is 0 Å². The van der Waals surface area contributed by atoms with Crippen LogP contribution in [0.4, 0.5) is 11.5 Å². The summed E-state index contributed by atoms with van der Waals surface area (Å²) in [5.74, 6) is 0.496. The topological polar surface area (TPSA) is 87.0 Å². The molecule has 2 rings (SSSR count). The minimum atomic E-state index is -0.381. The second kappa shape index (κ2) is 5.00. The van der Waals surface area contributed by atoms with Crippen LogP contribution in [0.1, 0.15) is 24.1 Å². The summed E-state index contributed by atoms with van der Waals surface area (Å²) in [4.78, 5) is 10.6. The Kier molecular flexibility index (Phi) is 3.57. The Hall–Kier alpha value is -1.89. The molecule has 7 heteroatoms. The molecule has 0 aliphatic carbocycles. The molecule has 0 saturated heterocycles. The van der Waals surface area contributed by atoms with E-state index in [1.54, 1.807) is 29.9 Å². The molecule has 0 aliphatic heterocycles. The Morgan fingerprint density at radius 2 is 2.21 bits per heavy atom. The fourth-order valence-electron chi connectivity index (χ4n) is 1.88. The van der Waals surface area contributed by atoms with Crippen LogP contribution in [0.5, 0.6) is 0 Å². The zero-order valence-corrected chi connectivity index (χ0v) is 12.1. The van der Waals surface area contributed by atoms with Gasteiger partial charge in [-0.05, 0) is 35.3 Å². The molecule has 1 heterocycles. The molecule has 0 aliphatic rings. The van der Waals surface area contributed by atoms with Crippen LogP contribution in [0.3, 0.4) is 0 Å². The van der Waals surface area contributed by atoms with E-state index in [0.29, 0.717) is 15.9 Å². The molecule has 0 spiro atoms. The van der Waals surface area contributed by atoms with Crippen molar-refractivity contribution in [2.24, 2.45) is 0 Å². The van der Waals surface area contributed by atoms with Crippen LogP contribution >= 0.6 is 15.9 Å². The van der Waals surface area contributed by atoms with Gasteiger partial charge in [-0.3, -0.25) is 10.1 Å². The van der Waals surface area contributed by atoms with E-state index in [2.05, 4.69) is 21.0 Å². The number of nitro groups is 1. The Morgan fingerprint density at radius 1 is 1.53 bits per heavy atom. The summed E-state index contributed by atoms with van der Waals surface area (Å²) in [6.45, 7) is 3.61. The lowest BCUT2D eigenvalue weighted by Crippen LogP contribution is -2.12. The number of nitro benzene ring substituents is 1. The zero-order chi connectivity index (χ0) is 14.2. The Morgan fingerprint density at radius 3 is 2.74 bits per heavy atom. The molecule has 6 nitrogen and oxygen atoms in total. The van der Waals surface area contributed by atoms with Gasteiger partial charge in [-0.25, -0.2) is 4.68 Å². The van der Waals surface area contributed by atoms with Crippen LogP contribution in [0.15, 0.2) is 28.9 Å². The Bertz CT molecular complexity index is 639. The minimum absolute atomic E-state index is 0.106. The highest BCUT2D eigenvalue weighted by molar-refractivity contribution is 9.10. The number of aryl methyl sites for hydroxylation is 1. The second-order valence-corrected chi connectivity index (χ2v) is 5.16. The maximum absolute atomic E-state index is 11.0. The monoisotopic (exact) mass is 324 g/mol. The molecular weight excluding hydrogens is 312 g/mol. The number of hydrogen-bond donors (Lipinski definition) is 1. The molecule has 0 saturated carbocycles. The number of nitrogens with zero attached hydrogens (tertiary/aromatic N) is 3. The summed E-state index contributed by atoms with van der Waals surface area (Å²) in [5, 5.41) is 15.1. The number of rotatable bonds is 3. The second-order valence-electron chi connectivity index (χ2n) is 4.30. The van der Waals surface area contributed by atoms with Crippen molar-refractivity contribution in [3.63, 3.8) is 0 Å². The van der Waals surface area contributed by atoms with Crippen LogP contribution in [0.25, 0.3) is 0 Å². The van der Waals surface area contributed by atoms with E-state index < -0.39 is 0 Å². The molecule has 1 atom stereocenters. The summed E-state index contributed by atoms with van der Waals surface area (Å²) < 4.78 is 2.33. The van der Waals surface area contributed by atoms with Gasteiger partial charge in [0.15, 0.2) is 0 Å². The molecule has 2 N–H and O–H groups in total. The van der Waals surface area contributed by atoms with Crippen LogP contribution in [0, 0.1) is 17.0 Å². The van der Waals surface area contributed by atoms with Gasteiger partial charge in [0.2, 0.25) is 0 Å². The average Bonchev–Trinajstić information content (AvgIpc) is 2.69. The molecule has 100 valence electrons. The molecule has 0 amide bonds. The van der Waals surface area contributed by atoms with E-state index in [1.807, 2.05) is 13.0 Å². The minimum Gasteiger partial charge on any atom is -0.383 e.